The molecule has 1 atom stereocenters. The molecule has 0 aliphatic carbocycles. The van der Waals surface area contributed by atoms with E-state index in [1.54, 1.807) is 6.20 Å². The third kappa shape index (κ3) is 1.96. The van der Waals surface area contributed by atoms with Gasteiger partial charge in [-0.1, -0.05) is 0 Å². The van der Waals surface area contributed by atoms with E-state index in [0.717, 1.165) is 23.6 Å². The first-order chi connectivity index (χ1) is 8.19. The van der Waals surface area contributed by atoms with Crippen LogP contribution < -0.4 is 11.3 Å². The number of hydrogen-bond acceptors (Lipinski definition) is 4. The van der Waals surface area contributed by atoms with Gasteiger partial charge in [0.05, 0.1) is 6.20 Å². The van der Waals surface area contributed by atoms with E-state index in [2.05, 4.69) is 27.0 Å². The van der Waals surface area contributed by atoms with Crippen molar-refractivity contribution in [2.45, 2.75) is 26.4 Å². The number of nitrogens with one attached hydrogen (secondary N) is 1. The lowest BCUT2D eigenvalue weighted by Crippen LogP contribution is -2.31. The molecule has 1 unspecified atom stereocenters. The van der Waals surface area contributed by atoms with Gasteiger partial charge in [0.15, 0.2) is 0 Å². The van der Waals surface area contributed by atoms with Gasteiger partial charge in [-0.3, -0.25) is 10.5 Å². The molecule has 0 aliphatic rings. The Hall–Kier alpha value is -1.66. The van der Waals surface area contributed by atoms with Crippen LogP contribution in [0.3, 0.4) is 0 Å². The van der Waals surface area contributed by atoms with Crippen LogP contribution in [0, 0.1) is 6.92 Å². The van der Waals surface area contributed by atoms with Gasteiger partial charge in [-0.05, 0) is 13.8 Å². The maximum Gasteiger partial charge on any atom is 0.131 e. The van der Waals surface area contributed by atoms with E-state index < -0.39 is 0 Å². The fourth-order valence-electron chi connectivity index (χ4n) is 1.95. The second kappa shape index (κ2) is 4.68. The van der Waals surface area contributed by atoms with Crippen molar-refractivity contribution in [3.05, 3.63) is 35.7 Å². The maximum atomic E-state index is 5.66. The van der Waals surface area contributed by atoms with Gasteiger partial charge < -0.3 is 4.57 Å². The van der Waals surface area contributed by atoms with E-state index in [0.29, 0.717) is 0 Å². The van der Waals surface area contributed by atoms with Crippen LogP contribution in [-0.4, -0.2) is 19.3 Å². The second-order valence-corrected chi connectivity index (χ2v) is 3.98. The van der Waals surface area contributed by atoms with Crippen LogP contribution in [0.4, 0.5) is 0 Å². The highest BCUT2D eigenvalue weighted by molar-refractivity contribution is 5.26. The Morgan fingerprint density at radius 2 is 2.29 bits per heavy atom. The number of imidazole rings is 1. The number of nitrogens with two attached hydrogens (primary N) is 1. The van der Waals surface area contributed by atoms with Crippen LogP contribution >= 0.6 is 0 Å². The molecule has 0 aliphatic heterocycles. The molecule has 0 saturated heterocycles. The molecule has 2 heterocycles. The normalized spacial score (nSPS) is 12.9. The summed E-state index contributed by atoms with van der Waals surface area (Å²) in [6.07, 6.45) is 5.56. The largest absolute Gasteiger partial charge is 0.334 e. The van der Waals surface area contributed by atoms with E-state index in [1.807, 2.05) is 31.0 Å². The molecule has 17 heavy (non-hydrogen) atoms. The molecule has 92 valence electrons. The Kier molecular flexibility index (Phi) is 3.26. The van der Waals surface area contributed by atoms with E-state index in [1.165, 1.54) is 0 Å². The molecule has 0 spiro atoms. The molecule has 6 nitrogen and oxygen atoms in total. The summed E-state index contributed by atoms with van der Waals surface area (Å²) in [5.74, 6) is 6.57. The van der Waals surface area contributed by atoms with Crippen molar-refractivity contribution in [3.8, 4) is 0 Å². The van der Waals surface area contributed by atoms with Crippen molar-refractivity contribution >= 4 is 0 Å². The summed E-state index contributed by atoms with van der Waals surface area (Å²) in [5.41, 5.74) is 4.95. The van der Waals surface area contributed by atoms with Crippen LogP contribution in [0.15, 0.2) is 18.6 Å². The monoisotopic (exact) mass is 234 g/mol. The number of aromatic nitrogens is 4. The van der Waals surface area contributed by atoms with Crippen molar-refractivity contribution in [1.29, 1.82) is 0 Å². The zero-order valence-corrected chi connectivity index (χ0v) is 10.4. The van der Waals surface area contributed by atoms with E-state index in [9.17, 15) is 0 Å². The number of nitrogens with zero attached hydrogens (tertiary/aromatic N) is 4. The lowest BCUT2D eigenvalue weighted by atomic mass is 10.1. The fraction of sp³-hybridized carbons (Fsp3) is 0.455. The Labute approximate surface area is 100 Å². The molecule has 3 N–H and O–H groups in total. The Morgan fingerprint density at radius 3 is 2.82 bits per heavy atom. The molecule has 0 aromatic carbocycles. The zero-order chi connectivity index (χ0) is 12.4. The highest BCUT2D eigenvalue weighted by atomic mass is 15.3. The molecule has 0 saturated carbocycles. The van der Waals surface area contributed by atoms with Crippen molar-refractivity contribution in [2.75, 3.05) is 0 Å². The van der Waals surface area contributed by atoms with Gasteiger partial charge >= 0.3 is 0 Å². The Morgan fingerprint density at radius 1 is 1.53 bits per heavy atom. The molecule has 2 aromatic heterocycles. The SMILES string of the molecule is CCn1ccnc1C(NN)c1cnn(C)c1C. The molecule has 0 radical (unpaired) electrons. The first kappa shape index (κ1) is 11.8. The molecule has 2 aromatic rings. The summed E-state index contributed by atoms with van der Waals surface area (Å²) in [5, 5.41) is 4.23. The summed E-state index contributed by atoms with van der Waals surface area (Å²) >= 11 is 0. The first-order valence-corrected chi connectivity index (χ1v) is 5.64. The van der Waals surface area contributed by atoms with Crippen molar-refractivity contribution in [2.24, 2.45) is 12.9 Å². The standard InChI is InChI=1S/C11H18N6/c1-4-17-6-5-13-11(17)10(15-12)9-7-14-16(3)8(9)2/h5-7,10,15H,4,12H2,1-3H3. The minimum Gasteiger partial charge on any atom is -0.334 e. The van der Waals surface area contributed by atoms with Gasteiger partial charge in [0, 0.05) is 37.2 Å². The third-order valence-corrected chi connectivity index (χ3v) is 3.10. The molecular weight excluding hydrogens is 216 g/mol. The summed E-state index contributed by atoms with van der Waals surface area (Å²) in [4.78, 5) is 4.37. The van der Waals surface area contributed by atoms with Crippen molar-refractivity contribution in [3.63, 3.8) is 0 Å². The summed E-state index contributed by atoms with van der Waals surface area (Å²) in [6, 6.07) is -0.126. The van der Waals surface area contributed by atoms with Crippen molar-refractivity contribution in [1.82, 2.24) is 24.8 Å². The van der Waals surface area contributed by atoms with E-state index in [-0.39, 0.29) is 6.04 Å². The van der Waals surface area contributed by atoms with E-state index in [4.69, 9.17) is 5.84 Å². The van der Waals surface area contributed by atoms with Crippen LogP contribution in [0.1, 0.15) is 30.0 Å². The summed E-state index contributed by atoms with van der Waals surface area (Å²) < 4.78 is 3.90. The van der Waals surface area contributed by atoms with Gasteiger partial charge in [0.25, 0.3) is 0 Å². The smallest absolute Gasteiger partial charge is 0.131 e. The third-order valence-electron chi connectivity index (χ3n) is 3.10. The molecule has 6 heteroatoms. The highest BCUT2D eigenvalue weighted by Gasteiger charge is 2.21. The van der Waals surface area contributed by atoms with Gasteiger partial charge in [0.1, 0.15) is 11.9 Å². The molecule has 0 amide bonds. The van der Waals surface area contributed by atoms with Crippen LogP contribution in [-0.2, 0) is 13.6 Å². The van der Waals surface area contributed by atoms with E-state index >= 15 is 0 Å². The molecule has 0 bridgehead atoms. The van der Waals surface area contributed by atoms with Crippen LogP contribution in [0.5, 0.6) is 0 Å². The zero-order valence-electron chi connectivity index (χ0n) is 10.4. The average molecular weight is 234 g/mol. The summed E-state index contributed by atoms with van der Waals surface area (Å²) in [7, 11) is 1.92. The molecular formula is C11H18N6. The molecule has 0 fully saturated rings. The number of hydrogen-bond donors (Lipinski definition) is 2. The first-order valence-electron chi connectivity index (χ1n) is 5.64. The minimum atomic E-state index is -0.126. The quantitative estimate of drug-likeness (QED) is 0.596. The second-order valence-electron chi connectivity index (χ2n) is 3.98. The highest BCUT2D eigenvalue weighted by Crippen LogP contribution is 2.22. The van der Waals surface area contributed by atoms with Gasteiger partial charge in [-0.25, -0.2) is 10.4 Å². The predicted octanol–water partition coefficient (Wildman–Crippen LogP) is 0.498. The van der Waals surface area contributed by atoms with Gasteiger partial charge in [-0.15, -0.1) is 0 Å². The van der Waals surface area contributed by atoms with Gasteiger partial charge in [0.2, 0.25) is 0 Å². The number of aryl methyl sites for hydroxylation is 2. The predicted molar refractivity (Wildman–Crippen MR) is 65.0 cm³/mol. The Balaban J connectivity index is 2.44. The lowest BCUT2D eigenvalue weighted by Gasteiger charge is -2.16. The van der Waals surface area contributed by atoms with Crippen molar-refractivity contribution < 1.29 is 0 Å². The Bertz CT molecular complexity index is 498. The fourth-order valence-corrected chi connectivity index (χ4v) is 1.95. The van der Waals surface area contributed by atoms with Gasteiger partial charge in [-0.2, -0.15) is 5.10 Å². The average Bonchev–Trinajstić information content (AvgIpc) is 2.92. The number of hydrazine groups is 1. The summed E-state index contributed by atoms with van der Waals surface area (Å²) in [6.45, 7) is 4.97. The lowest BCUT2D eigenvalue weighted by molar-refractivity contribution is 0.557. The topological polar surface area (TPSA) is 73.7 Å². The molecule has 2 rings (SSSR count). The number of rotatable bonds is 4. The minimum absolute atomic E-state index is 0.126. The van der Waals surface area contributed by atoms with Crippen LogP contribution in [0.25, 0.3) is 0 Å². The van der Waals surface area contributed by atoms with Crippen LogP contribution in [0.2, 0.25) is 0 Å². The maximum absolute atomic E-state index is 5.66.